The highest BCUT2D eigenvalue weighted by atomic mass is 15.0. The van der Waals surface area contributed by atoms with Crippen LogP contribution < -0.4 is 10.6 Å². The Labute approximate surface area is 76.1 Å². The minimum atomic E-state index is 0.452. The van der Waals surface area contributed by atoms with E-state index in [0.29, 0.717) is 5.41 Å². The van der Waals surface area contributed by atoms with Crippen molar-refractivity contribution in [3.8, 4) is 0 Å². The van der Waals surface area contributed by atoms with Gasteiger partial charge >= 0.3 is 0 Å². The maximum atomic E-state index is 3.56. The second-order valence-corrected chi connectivity index (χ2v) is 4.60. The van der Waals surface area contributed by atoms with E-state index in [1.54, 1.807) is 0 Å². The zero-order valence-corrected chi connectivity index (χ0v) is 8.61. The lowest BCUT2D eigenvalue weighted by Crippen LogP contribution is -2.45. The monoisotopic (exact) mass is 170 g/mol. The minimum absolute atomic E-state index is 0.452. The first-order chi connectivity index (χ1) is 5.64. The topological polar surface area (TPSA) is 24.1 Å². The van der Waals surface area contributed by atoms with E-state index in [-0.39, 0.29) is 0 Å². The van der Waals surface area contributed by atoms with Gasteiger partial charge in [-0.1, -0.05) is 20.8 Å². The standard InChI is InChI=1S/C10H22N2/c1-4-9-7-10(2,3)8-11-5-6-12-9/h9,11-12H,4-8H2,1-3H3. The summed E-state index contributed by atoms with van der Waals surface area (Å²) < 4.78 is 0. The fourth-order valence-corrected chi connectivity index (χ4v) is 1.89. The van der Waals surface area contributed by atoms with Crippen molar-refractivity contribution in [2.24, 2.45) is 5.41 Å². The van der Waals surface area contributed by atoms with Crippen LogP contribution in [0.1, 0.15) is 33.6 Å². The molecule has 0 aromatic rings. The second kappa shape index (κ2) is 4.24. The molecule has 0 bridgehead atoms. The normalized spacial score (nSPS) is 30.8. The third-order valence-corrected chi connectivity index (χ3v) is 2.63. The molecule has 0 radical (unpaired) electrons. The van der Waals surface area contributed by atoms with Crippen LogP contribution in [0.3, 0.4) is 0 Å². The summed E-state index contributed by atoms with van der Waals surface area (Å²) >= 11 is 0. The Hall–Kier alpha value is -0.0800. The molecule has 12 heavy (non-hydrogen) atoms. The molecule has 0 spiro atoms. The molecule has 0 aromatic heterocycles. The molecule has 0 aromatic carbocycles. The lowest BCUT2D eigenvalue weighted by Gasteiger charge is -2.32. The van der Waals surface area contributed by atoms with E-state index in [9.17, 15) is 0 Å². The molecule has 1 unspecified atom stereocenters. The average molecular weight is 170 g/mol. The first-order valence-corrected chi connectivity index (χ1v) is 5.08. The van der Waals surface area contributed by atoms with Gasteiger partial charge in [-0.25, -0.2) is 0 Å². The Bertz CT molecular complexity index is 132. The highest BCUT2D eigenvalue weighted by molar-refractivity contribution is 4.81. The molecule has 1 aliphatic rings. The largest absolute Gasteiger partial charge is 0.315 e. The number of rotatable bonds is 1. The molecule has 2 nitrogen and oxygen atoms in total. The lowest BCUT2D eigenvalue weighted by atomic mass is 9.84. The van der Waals surface area contributed by atoms with Gasteiger partial charge in [0.1, 0.15) is 0 Å². The number of nitrogens with one attached hydrogen (secondary N) is 2. The number of hydrogen-bond donors (Lipinski definition) is 2. The maximum Gasteiger partial charge on any atom is 0.00793 e. The summed E-state index contributed by atoms with van der Waals surface area (Å²) in [5.74, 6) is 0. The molecule has 0 amide bonds. The van der Waals surface area contributed by atoms with Crippen molar-refractivity contribution in [1.29, 1.82) is 0 Å². The lowest BCUT2D eigenvalue weighted by molar-refractivity contribution is 0.246. The molecule has 1 fully saturated rings. The Morgan fingerprint density at radius 3 is 2.75 bits per heavy atom. The summed E-state index contributed by atoms with van der Waals surface area (Å²) in [7, 11) is 0. The second-order valence-electron chi connectivity index (χ2n) is 4.60. The van der Waals surface area contributed by atoms with Crippen LogP contribution in [0.25, 0.3) is 0 Å². The van der Waals surface area contributed by atoms with Crippen molar-refractivity contribution in [1.82, 2.24) is 10.6 Å². The van der Waals surface area contributed by atoms with Crippen LogP contribution in [-0.2, 0) is 0 Å². The fraction of sp³-hybridized carbons (Fsp3) is 1.00. The molecule has 1 saturated heterocycles. The Morgan fingerprint density at radius 1 is 1.33 bits per heavy atom. The van der Waals surface area contributed by atoms with Gasteiger partial charge in [0.25, 0.3) is 0 Å². The SMILES string of the molecule is CCC1CC(C)(C)CNCCN1. The van der Waals surface area contributed by atoms with Gasteiger partial charge in [0, 0.05) is 25.7 Å². The summed E-state index contributed by atoms with van der Waals surface area (Å²) in [6.07, 6.45) is 2.54. The van der Waals surface area contributed by atoms with E-state index in [0.717, 1.165) is 25.7 Å². The van der Waals surface area contributed by atoms with Gasteiger partial charge in [-0.05, 0) is 18.3 Å². The van der Waals surface area contributed by atoms with Crippen LogP contribution in [0, 0.1) is 5.41 Å². The predicted molar refractivity (Wildman–Crippen MR) is 53.3 cm³/mol. The van der Waals surface area contributed by atoms with Crippen molar-refractivity contribution >= 4 is 0 Å². The summed E-state index contributed by atoms with van der Waals surface area (Å²) in [5, 5.41) is 7.02. The van der Waals surface area contributed by atoms with Crippen LogP contribution in [0.2, 0.25) is 0 Å². The Morgan fingerprint density at radius 2 is 2.08 bits per heavy atom. The molecule has 1 rings (SSSR count). The molecule has 0 aliphatic carbocycles. The highest BCUT2D eigenvalue weighted by Crippen LogP contribution is 2.23. The molecule has 0 saturated carbocycles. The maximum absolute atomic E-state index is 3.56. The highest BCUT2D eigenvalue weighted by Gasteiger charge is 2.23. The molecular formula is C10H22N2. The van der Waals surface area contributed by atoms with E-state index < -0.39 is 0 Å². The predicted octanol–water partition coefficient (Wildman–Crippen LogP) is 1.37. The fourth-order valence-electron chi connectivity index (χ4n) is 1.89. The molecule has 1 atom stereocenters. The van der Waals surface area contributed by atoms with Crippen LogP contribution in [0.4, 0.5) is 0 Å². The summed E-state index contributed by atoms with van der Waals surface area (Å²) in [5.41, 5.74) is 0.452. The smallest absolute Gasteiger partial charge is 0.00793 e. The zero-order valence-electron chi connectivity index (χ0n) is 8.61. The van der Waals surface area contributed by atoms with Crippen LogP contribution >= 0.6 is 0 Å². The van der Waals surface area contributed by atoms with Gasteiger partial charge < -0.3 is 10.6 Å². The van der Waals surface area contributed by atoms with Gasteiger partial charge in [0.15, 0.2) is 0 Å². The first kappa shape index (κ1) is 10.0. The number of hydrogen-bond acceptors (Lipinski definition) is 2. The van der Waals surface area contributed by atoms with Crippen molar-refractivity contribution in [3.05, 3.63) is 0 Å². The van der Waals surface area contributed by atoms with Gasteiger partial charge in [0.2, 0.25) is 0 Å². The first-order valence-electron chi connectivity index (χ1n) is 5.08. The Balaban J connectivity index is 2.45. The average Bonchev–Trinajstić information content (AvgIpc) is 1.97. The van der Waals surface area contributed by atoms with Crippen LogP contribution in [0.15, 0.2) is 0 Å². The van der Waals surface area contributed by atoms with Gasteiger partial charge in [-0.2, -0.15) is 0 Å². The van der Waals surface area contributed by atoms with Crippen LogP contribution in [0.5, 0.6) is 0 Å². The van der Waals surface area contributed by atoms with Crippen molar-refractivity contribution in [3.63, 3.8) is 0 Å². The molecule has 2 N–H and O–H groups in total. The quantitative estimate of drug-likeness (QED) is 0.621. The van der Waals surface area contributed by atoms with Crippen molar-refractivity contribution < 1.29 is 0 Å². The summed E-state index contributed by atoms with van der Waals surface area (Å²) in [6, 6.07) is 0.724. The van der Waals surface area contributed by atoms with Gasteiger partial charge in [-0.3, -0.25) is 0 Å². The van der Waals surface area contributed by atoms with Crippen molar-refractivity contribution in [2.75, 3.05) is 19.6 Å². The molecule has 1 aliphatic heterocycles. The van der Waals surface area contributed by atoms with Crippen LogP contribution in [-0.4, -0.2) is 25.7 Å². The molecule has 72 valence electrons. The minimum Gasteiger partial charge on any atom is -0.315 e. The van der Waals surface area contributed by atoms with E-state index in [4.69, 9.17) is 0 Å². The molecule has 1 heterocycles. The van der Waals surface area contributed by atoms with E-state index in [1.165, 1.54) is 12.8 Å². The van der Waals surface area contributed by atoms with E-state index in [1.807, 2.05) is 0 Å². The summed E-state index contributed by atoms with van der Waals surface area (Å²) in [4.78, 5) is 0. The molecule has 2 heteroatoms. The zero-order chi connectivity index (χ0) is 9.03. The van der Waals surface area contributed by atoms with Gasteiger partial charge in [-0.15, -0.1) is 0 Å². The van der Waals surface area contributed by atoms with Gasteiger partial charge in [0.05, 0.1) is 0 Å². The third kappa shape index (κ3) is 3.11. The van der Waals surface area contributed by atoms with Crippen molar-refractivity contribution in [2.45, 2.75) is 39.7 Å². The molecular weight excluding hydrogens is 148 g/mol. The summed E-state index contributed by atoms with van der Waals surface area (Å²) in [6.45, 7) is 10.3. The van der Waals surface area contributed by atoms with E-state index >= 15 is 0 Å². The van der Waals surface area contributed by atoms with E-state index in [2.05, 4.69) is 31.4 Å². The Kier molecular flexibility index (Phi) is 3.53. The third-order valence-electron chi connectivity index (χ3n) is 2.63.